The number of hydrogen-bond acceptors (Lipinski definition) is 4. The van der Waals surface area contributed by atoms with E-state index in [1.807, 2.05) is 23.9 Å². The Labute approximate surface area is 116 Å². The topological polar surface area (TPSA) is 43.1 Å². The fourth-order valence-electron chi connectivity index (χ4n) is 2.44. The van der Waals surface area contributed by atoms with E-state index >= 15 is 0 Å². The molecule has 0 unspecified atom stereocenters. The van der Waals surface area contributed by atoms with Gasteiger partial charge < -0.3 is 0 Å². The molecule has 1 fully saturated rings. The summed E-state index contributed by atoms with van der Waals surface area (Å²) >= 11 is 1.66. The molecule has 0 aliphatic heterocycles. The minimum absolute atomic E-state index is 0.491. The van der Waals surface area contributed by atoms with E-state index in [0.717, 1.165) is 15.4 Å². The van der Waals surface area contributed by atoms with E-state index in [1.54, 1.807) is 23.7 Å². The fraction of sp³-hybridized carbons (Fsp3) is 0.500. The van der Waals surface area contributed by atoms with Crippen LogP contribution in [0.1, 0.15) is 32.1 Å². The Morgan fingerprint density at radius 1 is 1.21 bits per heavy atom. The highest BCUT2D eigenvalue weighted by Crippen LogP contribution is 2.21. The van der Waals surface area contributed by atoms with Crippen LogP contribution in [0, 0.1) is 0 Å². The van der Waals surface area contributed by atoms with Gasteiger partial charge in [-0.3, -0.25) is 9.98 Å². The van der Waals surface area contributed by atoms with Crippen molar-refractivity contribution < 1.29 is 0 Å². The second-order valence-electron chi connectivity index (χ2n) is 4.97. The molecule has 0 spiro atoms. The SMILES string of the molecule is Cn1nc(-c2ccncc2)sc1=NC1CCCCC1. The van der Waals surface area contributed by atoms with Crippen LogP contribution < -0.4 is 4.80 Å². The van der Waals surface area contributed by atoms with E-state index in [2.05, 4.69) is 10.1 Å². The largest absolute Gasteiger partial charge is 0.265 e. The number of rotatable bonds is 2. The van der Waals surface area contributed by atoms with Crippen molar-refractivity contribution in [2.75, 3.05) is 0 Å². The molecule has 3 rings (SSSR count). The number of pyridine rings is 1. The number of aryl methyl sites for hydroxylation is 1. The Bertz CT molecular complexity index is 593. The highest BCUT2D eigenvalue weighted by molar-refractivity contribution is 7.12. The van der Waals surface area contributed by atoms with Gasteiger partial charge in [-0.1, -0.05) is 30.6 Å². The Morgan fingerprint density at radius 3 is 2.68 bits per heavy atom. The van der Waals surface area contributed by atoms with E-state index in [-0.39, 0.29) is 0 Å². The highest BCUT2D eigenvalue weighted by atomic mass is 32.1. The monoisotopic (exact) mass is 274 g/mol. The zero-order valence-electron chi connectivity index (χ0n) is 11.1. The van der Waals surface area contributed by atoms with Crippen molar-refractivity contribution in [1.82, 2.24) is 14.8 Å². The maximum absolute atomic E-state index is 4.87. The van der Waals surface area contributed by atoms with Crippen LogP contribution in [0.25, 0.3) is 10.6 Å². The van der Waals surface area contributed by atoms with Crippen LogP contribution in [-0.2, 0) is 7.05 Å². The van der Waals surface area contributed by atoms with E-state index in [4.69, 9.17) is 4.99 Å². The summed E-state index contributed by atoms with van der Waals surface area (Å²) in [5, 5.41) is 5.57. The molecule has 2 aromatic rings. The molecule has 0 bridgehead atoms. The van der Waals surface area contributed by atoms with Crippen LogP contribution in [0.5, 0.6) is 0 Å². The normalized spacial score (nSPS) is 17.8. The molecule has 0 atom stereocenters. The lowest BCUT2D eigenvalue weighted by molar-refractivity contribution is 0.434. The smallest absolute Gasteiger partial charge is 0.203 e. The third-order valence-corrected chi connectivity index (χ3v) is 4.56. The van der Waals surface area contributed by atoms with Crippen LogP contribution in [0.4, 0.5) is 0 Å². The molecule has 1 aliphatic carbocycles. The first-order valence-electron chi connectivity index (χ1n) is 6.81. The summed E-state index contributed by atoms with van der Waals surface area (Å²) in [7, 11) is 1.98. The maximum atomic E-state index is 4.87. The summed E-state index contributed by atoms with van der Waals surface area (Å²) < 4.78 is 1.90. The molecule has 5 heteroatoms. The van der Waals surface area contributed by atoms with Crippen molar-refractivity contribution in [2.24, 2.45) is 12.0 Å². The molecule has 0 N–H and O–H groups in total. The highest BCUT2D eigenvalue weighted by Gasteiger charge is 2.13. The third kappa shape index (κ3) is 2.92. The quantitative estimate of drug-likeness (QED) is 0.845. The van der Waals surface area contributed by atoms with E-state index in [1.165, 1.54) is 32.1 Å². The van der Waals surface area contributed by atoms with Crippen molar-refractivity contribution in [3.8, 4) is 10.6 Å². The second-order valence-corrected chi connectivity index (χ2v) is 5.93. The van der Waals surface area contributed by atoms with Gasteiger partial charge in [0.05, 0.1) is 6.04 Å². The molecule has 100 valence electrons. The lowest BCUT2D eigenvalue weighted by Gasteiger charge is -2.16. The van der Waals surface area contributed by atoms with Gasteiger partial charge in [-0.25, -0.2) is 4.68 Å². The molecule has 1 saturated carbocycles. The van der Waals surface area contributed by atoms with Crippen molar-refractivity contribution in [3.63, 3.8) is 0 Å². The first-order chi connectivity index (χ1) is 9.33. The molecular weight excluding hydrogens is 256 g/mol. The lowest BCUT2D eigenvalue weighted by Crippen LogP contribution is -2.18. The second kappa shape index (κ2) is 5.65. The average Bonchev–Trinajstić information content (AvgIpc) is 2.82. The summed E-state index contributed by atoms with van der Waals surface area (Å²) in [5.41, 5.74) is 1.11. The fourth-order valence-corrected chi connectivity index (χ4v) is 3.40. The lowest BCUT2D eigenvalue weighted by atomic mass is 9.96. The zero-order valence-corrected chi connectivity index (χ0v) is 11.9. The molecule has 0 saturated heterocycles. The van der Waals surface area contributed by atoms with Crippen molar-refractivity contribution in [3.05, 3.63) is 29.3 Å². The number of hydrogen-bond donors (Lipinski definition) is 0. The molecule has 19 heavy (non-hydrogen) atoms. The van der Waals surface area contributed by atoms with Crippen molar-refractivity contribution in [1.29, 1.82) is 0 Å². The van der Waals surface area contributed by atoms with Crippen molar-refractivity contribution >= 4 is 11.3 Å². The van der Waals surface area contributed by atoms with Gasteiger partial charge in [0.15, 0.2) is 0 Å². The molecule has 4 nitrogen and oxygen atoms in total. The van der Waals surface area contributed by atoms with Crippen LogP contribution in [0.15, 0.2) is 29.5 Å². The van der Waals surface area contributed by atoms with Gasteiger partial charge in [-0.2, -0.15) is 5.10 Å². The van der Waals surface area contributed by atoms with Gasteiger partial charge in [-0.15, -0.1) is 0 Å². The Morgan fingerprint density at radius 2 is 1.95 bits per heavy atom. The van der Waals surface area contributed by atoms with Gasteiger partial charge in [0.2, 0.25) is 4.80 Å². The molecule has 0 aromatic carbocycles. The molecule has 2 aromatic heterocycles. The van der Waals surface area contributed by atoms with E-state index in [9.17, 15) is 0 Å². The number of nitrogens with zero attached hydrogens (tertiary/aromatic N) is 4. The van der Waals surface area contributed by atoms with Gasteiger partial charge in [0, 0.05) is 25.0 Å². The Kier molecular flexibility index (Phi) is 3.73. The Balaban J connectivity index is 1.91. The van der Waals surface area contributed by atoms with Crippen LogP contribution in [0.2, 0.25) is 0 Å². The van der Waals surface area contributed by atoms with Crippen LogP contribution >= 0.6 is 11.3 Å². The molecule has 0 amide bonds. The first-order valence-corrected chi connectivity index (χ1v) is 7.63. The maximum Gasteiger partial charge on any atom is 0.203 e. The zero-order chi connectivity index (χ0) is 13.1. The Hall–Kier alpha value is -1.49. The van der Waals surface area contributed by atoms with Gasteiger partial charge in [0.25, 0.3) is 0 Å². The molecule has 2 heterocycles. The van der Waals surface area contributed by atoms with Crippen LogP contribution in [-0.4, -0.2) is 20.8 Å². The van der Waals surface area contributed by atoms with Crippen LogP contribution in [0.3, 0.4) is 0 Å². The average molecular weight is 274 g/mol. The predicted octanol–water partition coefficient (Wildman–Crippen LogP) is 2.78. The molecular formula is C14H18N4S. The standard InChI is InChI=1S/C14H18N4S/c1-18-14(16-12-5-3-2-4-6-12)19-13(17-18)11-7-9-15-10-8-11/h7-10,12H,2-6H2,1H3. The molecule has 0 radical (unpaired) electrons. The summed E-state index contributed by atoms with van der Waals surface area (Å²) in [6, 6.07) is 4.47. The third-order valence-electron chi connectivity index (χ3n) is 3.50. The molecule has 1 aliphatic rings. The predicted molar refractivity (Wildman–Crippen MR) is 76.8 cm³/mol. The number of aromatic nitrogens is 3. The van der Waals surface area contributed by atoms with E-state index in [0.29, 0.717) is 6.04 Å². The summed E-state index contributed by atoms with van der Waals surface area (Å²) in [5.74, 6) is 0. The minimum atomic E-state index is 0.491. The van der Waals surface area contributed by atoms with E-state index < -0.39 is 0 Å². The minimum Gasteiger partial charge on any atom is -0.265 e. The van der Waals surface area contributed by atoms with Crippen molar-refractivity contribution in [2.45, 2.75) is 38.1 Å². The van der Waals surface area contributed by atoms with Gasteiger partial charge in [-0.05, 0) is 25.0 Å². The summed E-state index contributed by atoms with van der Waals surface area (Å²) in [6.45, 7) is 0. The summed E-state index contributed by atoms with van der Waals surface area (Å²) in [6.07, 6.45) is 10.0. The van der Waals surface area contributed by atoms with Gasteiger partial charge in [0.1, 0.15) is 5.01 Å². The van der Waals surface area contributed by atoms with Gasteiger partial charge >= 0.3 is 0 Å². The summed E-state index contributed by atoms with van der Waals surface area (Å²) in [4.78, 5) is 9.93. The first kappa shape index (κ1) is 12.5.